The molecule has 0 fully saturated rings. The number of nitrogens with one attached hydrogen (secondary N) is 1. The van der Waals surface area contributed by atoms with E-state index in [1.54, 1.807) is 6.08 Å². The Labute approximate surface area is 282 Å². The Balaban J connectivity index is 4.43. The van der Waals surface area contributed by atoms with E-state index in [1.807, 2.05) is 6.08 Å². The van der Waals surface area contributed by atoms with Crippen LogP contribution in [-0.2, 0) is 18.4 Å². The van der Waals surface area contributed by atoms with Crippen molar-refractivity contribution in [1.82, 2.24) is 5.32 Å². The number of phosphoric acid groups is 1. The summed E-state index contributed by atoms with van der Waals surface area (Å²) in [6.07, 6.45) is 38.8. The fraction of sp³-hybridized carbons (Fsp3) is 0.757. The average molecular weight is 669 g/mol. The summed E-state index contributed by atoms with van der Waals surface area (Å²) in [7, 11) is -4.34. The molecule has 3 atom stereocenters. The summed E-state index contributed by atoms with van der Waals surface area (Å²) in [6, 6.07) is -0.885. The van der Waals surface area contributed by atoms with Gasteiger partial charge in [-0.05, 0) is 64.2 Å². The number of carbonyl (C=O) groups excluding carboxylic acids is 1. The van der Waals surface area contributed by atoms with Crippen molar-refractivity contribution in [1.29, 1.82) is 0 Å². The third-order valence-corrected chi connectivity index (χ3v) is 8.57. The van der Waals surface area contributed by atoms with E-state index < -0.39 is 20.0 Å². The average Bonchev–Trinajstić information content (AvgIpc) is 3.04. The molecule has 0 spiro atoms. The highest BCUT2D eigenvalue weighted by atomic mass is 31.2. The van der Waals surface area contributed by atoms with Crippen LogP contribution in [0.1, 0.15) is 149 Å². The van der Waals surface area contributed by atoms with E-state index in [9.17, 15) is 19.4 Å². The predicted octanol–water partition coefficient (Wildman–Crippen LogP) is 9.38. The van der Waals surface area contributed by atoms with Crippen molar-refractivity contribution in [3.63, 3.8) is 0 Å². The van der Waals surface area contributed by atoms with E-state index >= 15 is 0 Å². The normalized spacial score (nSPS) is 15.0. The largest absolute Gasteiger partial charge is 0.472 e. The molecule has 0 bridgehead atoms. The first-order chi connectivity index (χ1) is 22.4. The van der Waals surface area contributed by atoms with Gasteiger partial charge >= 0.3 is 7.82 Å². The summed E-state index contributed by atoms with van der Waals surface area (Å²) in [5.41, 5.74) is 5.34. The Hall–Kier alpha value is -1.54. The Morgan fingerprint density at radius 2 is 1.20 bits per heavy atom. The van der Waals surface area contributed by atoms with Gasteiger partial charge in [0, 0.05) is 13.0 Å². The molecular formula is C37H69N2O6P. The molecular weight excluding hydrogens is 599 g/mol. The van der Waals surface area contributed by atoms with Crippen LogP contribution in [0.25, 0.3) is 0 Å². The zero-order valence-corrected chi connectivity index (χ0v) is 30.2. The van der Waals surface area contributed by atoms with Gasteiger partial charge in [-0.1, -0.05) is 127 Å². The number of nitrogens with two attached hydrogens (primary N) is 1. The molecule has 268 valence electrons. The van der Waals surface area contributed by atoms with E-state index in [1.165, 1.54) is 57.8 Å². The van der Waals surface area contributed by atoms with Crippen molar-refractivity contribution < 1.29 is 28.4 Å². The third-order valence-electron chi connectivity index (χ3n) is 7.59. The number of carbonyl (C=O) groups is 1. The van der Waals surface area contributed by atoms with Crippen molar-refractivity contribution in [3.05, 3.63) is 48.6 Å². The van der Waals surface area contributed by atoms with Gasteiger partial charge in [0.1, 0.15) is 0 Å². The van der Waals surface area contributed by atoms with Gasteiger partial charge in [0.2, 0.25) is 5.91 Å². The number of aliphatic hydroxyl groups is 1. The molecule has 0 aromatic rings. The highest BCUT2D eigenvalue weighted by molar-refractivity contribution is 7.47. The molecule has 0 saturated carbocycles. The summed E-state index contributed by atoms with van der Waals surface area (Å²) in [6.45, 7) is 4.00. The van der Waals surface area contributed by atoms with Crippen molar-refractivity contribution in [3.8, 4) is 0 Å². The maximum absolute atomic E-state index is 12.6. The molecule has 5 N–H and O–H groups in total. The number of rotatable bonds is 33. The van der Waals surface area contributed by atoms with Gasteiger partial charge in [-0.15, -0.1) is 0 Å². The van der Waals surface area contributed by atoms with Crippen LogP contribution in [0.4, 0.5) is 0 Å². The second kappa shape index (κ2) is 33.4. The second-order valence-corrected chi connectivity index (χ2v) is 13.5. The zero-order valence-electron chi connectivity index (χ0n) is 29.3. The van der Waals surface area contributed by atoms with Crippen LogP contribution in [-0.4, -0.2) is 47.8 Å². The highest BCUT2D eigenvalue weighted by Crippen LogP contribution is 2.43. The highest BCUT2D eigenvalue weighted by Gasteiger charge is 2.26. The van der Waals surface area contributed by atoms with E-state index in [0.29, 0.717) is 6.42 Å². The molecule has 0 aliphatic rings. The lowest BCUT2D eigenvalue weighted by atomic mass is 10.1. The quantitative estimate of drug-likeness (QED) is 0.0311. The van der Waals surface area contributed by atoms with Gasteiger partial charge in [0.05, 0.1) is 25.4 Å². The molecule has 0 heterocycles. The molecule has 3 unspecified atom stereocenters. The number of aliphatic hydroxyl groups excluding tert-OH is 1. The Morgan fingerprint density at radius 1 is 0.696 bits per heavy atom. The lowest BCUT2D eigenvalue weighted by Crippen LogP contribution is -2.45. The Morgan fingerprint density at radius 3 is 1.76 bits per heavy atom. The number of hydrogen-bond donors (Lipinski definition) is 4. The molecule has 1 amide bonds. The molecule has 0 rings (SSSR count). The van der Waals surface area contributed by atoms with Gasteiger partial charge in [-0.3, -0.25) is 13.8 Å². The molecule has 0 aliphatic heterocycles. The van der Waals surface area contributed by atoms with Gasteiger partial charge in [-0.2, -0.15) is 0 Å². The molecule has 0 radical (unpaired) electrons. The predicted molar refractivity (Wildman–Crippen MR) is 194 cm³/mol. The van der Waals surface area contributed by atoms with Gasteiger partial charge in [-0.25, -0.2) is 4.57 Å². The minimum atomic E-state index is -4.34. The molecule has 0 aromatic heterocycles. The molecule has 0 saturated heterocycles. The molecule has 46 heavy (non-hydrogen) atoms. The third kappa shape index (κ3) is 31.1. The number of amides is 1. The first-order valence-electron chi connectivity index (χ1n) is 18.3. The number of unbranched alkanes of at least 4 members (excludes halogenated alkanes) is 15. The van der Waals surface area contributed by atoms with Crippen LogP contribution in [0.5, 0.6) is 0 Å². The topological polar surface area (TPSA) is 131 Å². The molecule has 0 aromatic carbocycles. The van der Waals surface area contributed by atoms with E-state index in [-0.39, 0.29) is 25.7 Å². The first kappa shape index (κ1) is 44.5. The maximum Gasteiger partial charge on any atom is 0.472 e. The van der Waals surface area contributed by atoms with Crippen LogP contribution in [0.15, 0.2) is 48.6 Å². The molecule has 8 nitrogen and oxygen atoms in total. The molecule has 9 heteroatoms. The monoisotopic (exact) mass is 668 g/mol. The maximum atomic E-state index is 12.6. The van der Waals surface area contributed by atoms with Gasteiger partial charge in [0.15, 0.2) is 0 Å². The fourth-order valence-corrected chi connectivity index (χ4v) is 5.57. The van der Waals surface area contributed by atoms with Crippen LogP contribution >= 0.6 is 7.82 Å². The number of hydrogen-bond acceptors (Lipinski definition) is 6. The van der Waals surface area contributed by atoms with Crippen molar-refractivity contribution in [2.24, 2.45) is 5.73 Å². The fourth-order valence-electron chi connectivity index (χ4n) is 4.81. The van der Waals surface area contributed by atoms with Crippen LogP contribution < -0.4 is 11.1 Å². The Bertz CT molecular complexity index is 861. The smallest absolute Gasteiger partial charge is 0.387 e. The SMILES string of the molecule is CCC/C=C\CCCCCCCC(=O)NC(COP(=O)(O)OCCN)C(O)/C=C/CC/C=C/CC/C=C/CCCCCCCCC. The standard InChI is InChI=1S/C37H69N2O6P/c1-3-5-7-9-11-13-15-16-17-18-19-20-21-22-24-26-28-30-36(40)35(34-45-46(42,43)44-33-32-38)39-37(41)31-29-27-25-23-14-12-10-8-6-4-2/h8,10,17-18,21-22,28,30,35-36,40H,3-7,9,11-16,19-20,23-27,29,31-34,38H2,1-2H3,(H,39,41)(H,42,43)/b10-8-,18-17+,22-21+,30-28+. The van der Waals surface area contributed by atoms with E-state index in [4.69, 9.17) is 14.8 Å². The van der Waals surface area contributed by atoms with Crippen LogP contribution in [0, 0.1) is 0 Å². The number of phosphoric ester groups is 1. The van der Waals surface area contributed by atoms with Gasteiger partial charge < -0.3 is 21.1 Å². The second-order valence-electron chi connectivity index (χ2n) is 12.1. The first-order valence-corrected chi connectivity index (χ1v) is 19.8. The lowest BCUT2D eigenvalue weighted by molar-refractivity contribution is -0.123. The van der Waals surface area contributed by atoms with Crippen molar-refractivity contribution in [2.45, 2.75) is 161 Å². The number of allylic oxidation sites excluding steroid dienone is 7. The van der Waals surface area contributed by atoms with Gasteiger partial charge in [0.25, 0.3) is 0 Å². The van der Waals surface area contributed by atoms with Crippen LogP contribution in [0.2, 0.25) is 0 Å². The summed E-state index contributed by atoms with van der Waals surface area (Å²) < 4.78 is 22.0. The summed E-state index contributed by atoms with van der Waals surface area (Å²) >= 11 is 0. The van der Waals surface area contributed by atoms with E-state index in [0.717, 1.165) is 70.6 Å². The minimum Gasteiger partial charge on any atom is -0.387 e. The lowest BCUT2D eigenvalue weighted by Gasteiger charge is -2.23. The molecule has 0 aliphatic carbocycles. The minimum absolute atomic E-state index is 0.0689. The van der Waals surface area contributed by atoms with Crippen molar-refractivity contribution in [2.75, 3.05) is 19.8 Å². The Kier molecular flexibility index (Phi) is 32.2. The van der Waals surface area contributed by atoms with Crippen LogP contribution in [0.3, 0.4) is 0 Å². The van der Waals surface area contributed by atoms with E-state index in [2.05, 4.69) is 55.6 Å². The van der Waals surface area contributed by atoms with Crippen molar-refractivity contribution >= 4 is 13.7 Å². The summed E-state index contributed by atoms with van der Waals surface area (Å²) in [5.74, 6) is -0.224. The summed E-state index contributed by atoms with van der Waals surface area (Å²) in [5, 5.41) is 13.5. The zero-order chi connectivity index (χ0) is 34.0. The summed E-state index contributed by atoms with van der Waals surface area (Å²) in [4.78, 5) is 22.5.